The Bertz CT molecular complexity index is 320. The van der Waals surface area contributed by atoms with Crippen molar-refractivity contribution in [2.45, 2.75) is 26.7 Å². The Labute approximate surface area is 90.0 Å². The highest BCUT2D eigenvalue weighted by atomic mass is 16.5. The number of hydrogen-bond acceptors (Lipinski definition) is 3. The SMILES string of the molecule is CCCC(=O)Oc1cccc(OCC)c1. The second-order valence-electron chi connectivity index (χ2n) is 3.13. The van der Waals surface area contributed by atoms with Crippen molar-refractivity contribution in [2.75, 3.05) is 6.61 Å². The molecule has 82 valence electrons. The van der Waals surface area contributed by atoms with Crippen LogP contribution >= 0.6 is 0 Å². The molecule has 3 heteroatoms. The van der Waals surface area contributed by atoms with Gasteiger partial charge in [-0.1, -0.05) is 13.0 Å². The van der Waals surface area contributed by atoms with Gasteiger partial charge in [0, 0.05) is 12.5 Å². The lowest BCUT2D eigenvalue weighted by atomic mass is 10.3. The first-order valence-electron chi connectivity index (χ1n) is 5.19. The summed E-state index contributed by atoms with van der Waals surface area (Å²) in [7, 11) is 0. The second-order valence-corrected chi connectivity index (χ2v) is 3.13. The first kappa shape index (κ1) is 11.6. The molecule has 0 N–H and O–H groups in total. The summed E-state index contributed by atoms with van der Waals surface area (Å²) in [6.45, 7) is 4.46. The number of benzene rings is 1. The molecule has 0 amide bonds. The molecule has 0 bridgehead atoms. The van der Waals surface area contributed by atoms with Crippen LogP contribution in [0, 0.1) is 0 Å². The van der Waals surface area contributed by atoms with Crippen molar-refractivity contribution in [1.82, 2.24) is 0 Å². The van der Waals surface area contributed by atoms with Crippen LogP contribution in [0.15, 0.2) is 24.3 Å². The molecule has 0 atom stereocenters. The van der Waals surface area contributed by atoms with Gasteiger partial charge in [0.25, 0.3) is 0 Å². The molecular weight excluding hydrogens is 192 g/mol. The van der Waals surface area contributed by atoms with Crippen molar-refractivity contribution < 1.29 is 14.3 Å². The van der Waals surface area contributed by atoms with E-state index in [-0.39, 0.29) is 5.97 Å². The Kier molecular flexibility index (Phi) is 4.68. The lowest BCUT2D eigenvalue weighted by Crippen LogP contribution is -2.06. The molecule has 0 spiro atoms. The van der Waals surface area contributed by atoms with E-state index in [1.807, 2.05) is 19.9 Å². The smallest absolute Gasteiger partial charge is 0.311 e. The zero-order valence-corrected chi connectivity index (χ0v) is 9.16. The normalized spacial score (nSPS) is 9.73. The number of carbonyl (C=O) groups excluding carboxylic acids is 1. The van der Waals surface area contributed by atoms with Crippen LogP contribution in [0.2, 0.25) is 0 Å². The largest absolute Gasteiger partial charge is 0.494 e. The summed E-state index contributed by atoms with van der Waals surface area (Å²) in [6, 6.07) is 7.10. The number of hydrogen-bond donors (Lipinski definition) is 0. The Morgan fingerprint density at radius 1 is 1.27 bits per heavy atom. The number of rotatable bonds is 5. The summed E-state index contributed by atoms with van der Waals surface area (Å²) < 4.78 is 10.4. The van der Waals surface area contributed by atoms with Crippen molar-refractivity contribution in [3.63, 3.8) is 0 Å². The quantitative estimate of drug-likeness (QED) is 0.551. The molecule has 0 saturated heterocycles. The summed E-state index contributed by atoms with van der Waals surface area (Å²) in [5.41, 5.74) is 0. The van der Waals surface area contributed by atoms with E-state index >= 15 is 0 Å². The average molecular weight is 208 g/mol. The van der Waals surface area contributed by atoms with E-state index in [2.05, 4.69) is 0 Å². The van der Waals surface area contributed by atoms with Gasteiger partial charge < -0.3 is 9.47 Å². The van der Waals surface area contributed by atoms with Crippen LogP contribution in [0.5, 0.6) is 11.5 Å². The molecule has 0 aliphatic rings. The predicted molar refractivity (Wildman–Crippen MR) is 58.2 cm³/mol. The van der Waals surface area contributed by atoms with Gasteiger partial charge in [0.05, 0.1) is 6.61 Å². The van der Waals surface area contributed by atoms with Gasteiger partial charge in [0.2, 0.25) is 0 Å². The van der Waals surface area contributed by atoms with E-state index in [9.17, 15) is 4.79 Å². The molecule has 1 aromatic carbocycles. The van der Waals surface area contributed by atoms with Gasteiger partial charge in [-0.3, -0.25) is 4.79 Å². The van der Waals surface area contributed by atoms with Crippen molar-refractivity contribution in [3.05, 3.63) is 24.3 Å². The number of carbonyl (C=O) groups is 1. The van der Waals surface area contributed by atoms with Crippen LogP contribution in [0.1, 0.15) is 26.7 Å². The summed E-state index contributed by atoms with van der Waals surface area (Å²) >= 11 is 0. The van der Waals surface area contributed by atoms with Crippen LogP contribution in [0.25, 0.3) is 0 Å². The minimum atomic E-state index is -0.203. The second kappa shape index (κ2) is 6.06. The zero-order chi connectivity index (χ0) is 11.1. The van der Waals surface area contributed by atoms with Gasteiger partial charge in [-0.25, -0.2) is 0 Å². The predicted octanol–water partition coefficient (Wildman–Crippen LogP) is 2.79. The van der Waals surface area contributed by atoms with E-state index < -0.39 is 0 Å². The first-order valence-corrected chi connectivity index (χ1v) is 5.19. The average Bonchev–Trinajstić information content (AvgIpc) is 2.19. The monoisotopic (exact) mass is 208 g/mol. The Balaban J connectivity index is 2.60. The molecule has 0 aliphatic carbocycles. The molecule has 0 saturated carbocycles. The molecule has 0 unspecified atom stereocenters. The highest BCUT2D eigenvalue weighted by molar-refractivity contribution is 5.72. The summed E-state index contributed by atoms with van der Waals surface area (Å²) in [5.74, 6) is 1.06. The lowest BCUT2D eigenvalue weighted by Gasteiger charge is -2.06. The molecule has 0 radical (unpaired) electrons. The molecule has 0 heterocycles. The minimum absolute atomic E-state index is 0.203. The third kappa shape index (κ3) is 4.02. The maximum atomic E-state index is 11.2. The van der Waals surface area contributed by atoms with Crippen LogP contribution in [-0.2, 0) is 4.79 Å². The van der Waals surface area contributed by atoms with Gasteiger partial charge in [-0.15, -0.1) is 0 Å². The van der Waals surface area contributed by atoms with Crippen LogP contribution in [0.4, 0.5) is 0 Å². The lowest BCUT2D eigenvalue weighted by molar-refractivity contribution is -0.134. The maximum absolute atomic E-state index is 11.2. The van der Waals surface area contributed by atoms with Gasteiger partial charge in [0.1, 0.15) is 11.5 Å². The van der Waals surface area contributed by atoms with Gasteiger partial charge in [0.15, 0.2) is 0 Å². The standard InChI is InChI=1S/C12H16O3/c1-3-6-12(13)15-11-8-5-7-10(9-11)14-4-2/h5,7-9H,3-4,6H2,1-2H3. The molecule has 1 aromatic rings. The summed E-state index contributed by atoms with van der Waals surface area (Å²) in [4.78, 5) is 11.2. The number of ether oxygens (including phenoxy) is 2. The summed E-state index contributed by atoms with van der Waals surface area (Å²) in [5, 5.41) is 0. The fourth-order valence-corrected chi connectivity index (χ4v) is 1.18. The van der Waals surface area contributed by atoms with Crippen LogP contribution < -0.4 is 9.47 Å². The third-order valence-electron chi connectivity index (χ3n) is 1.80. The van der Waals surface area contributed by atoms with E-state index in [0.29, 0.717) is 18.8 Å². The highest BCUT2D eigenvalue weighted by Gasteiger charge is 2.03. The molecule has 0 aromatic heterocycles. The molecule has 0 fully saturated rings. The van der Waals surface area contributed by atoms with Crippen LogP contribution in [0.3, 0.4) is 0 Å². The van der Waals surface area contributed by atoms with E-state index in [0.717, 1.165) is 12.2 Å². The topological polar surface area (TPSA) is 35.5 Å². The Hall–Kier alpha value is -1.51. The molecule has 3 nitrogen and oxygen atoms in total. The Morgan fingerprint density at radius 3 is 2.67 bits per heavy atom. The van der Waals surface area contributed by atoms with Gasteiger partial charge >= 0.3 is 5.97 Å². The van der Waals surface area contributed by atoms with E-state index in [4.69, 9.17) is 9.47 Å². The van der Waals surface area contributed by atoms with E-state index in [1.54, 1.807) is 18.2 Å². The Morgan fingerprint density at radius 2 is 2.00 bits per heavy atom. The van der Waals surface area contributed by atoms with Gasteiger partial charge in [-0.2, -0.15) is 0 Å². The third-order valence-corrected chi connectivity index (χ3v) is 1.80. The first-order chi connectivity index (χ1) is 7.26. The van der Waals surface area contributed by atoms with Gasteiger partial charge in [-0.05, 0) is 25.5 Å². The molecule has 0 aliphatic heterocycles. The molecule has 15 heavy (non-hydrogen) atoms. The van der Waals surface area contributed by atoms with Crippen molar-refractivity contribution in [1.29, 1.82) is 0 Å². The van der Waals surface area contributed by atoms with Crippen LogP contribution in [-0.4, -0.2) is 12.6 Å². The van der Waals surface area contributed by atoms with Crippen molar-refractivity contribution >= 4 is 5.97 Å². The minimum Gasteiger partial charge on any atom is -0.494 e. The van der Waals surface area contributed by atoms with E-state index in [1.165, 1.54) is 0 Å². The summed E-state index contributed by atoms with van der Waals surface area (Å²) in [6.07, 6.45) is 1.24. The maximum Gasteiger partial charge on any atom is 0.311 e. The van der Waals surface area contributed by atoms with Crippen molar-refractivity contribution in [3.8, 4) is 11.5 Å². The van der Waals surface area contributed by atoms with Crippen molar-refractivity contribution in [2.24, 2.45) is 0 Å². The molecule has 1 rings (SSSR count). The fourth-order valence-electron chi connectivity index (χ4n) is 1.18. The highest BCUT2D eigenvalue weighted by Crippen LogP contribution is 2.19. The zero-order valence-electron chi connectivity index (χ0n) is 9.16. The molecular formula is C12H16O3. The fraction of sp³-hybridized carbons (Fsp3) is 0.417. The number of esters is 1.